The molecule has 0 N–H and O–H groups in total. The smallest absolute Gasteiger partial charge is 0.324 e. The molecule has 22 heavy (non-hydrogen) atoms. The van der Waals surface area contributed by atoms with Gasteiger partial charge in [-0.05, 0) is 25.7 Å². The molecular weight excluding hydrogens is 284 g/mol. The lowest BCUT2D eigenvalue weighted by atomic mass is 9.67. The zero-order valence-corrected chi connectivity index (χ0v) is 13.7. The Morgan fingerprint density at radius 3 is 2.50 bits per heavy atom. The van der Waals surface area contributed by atoms with E-state index in [1.165, 1.54) is 14.0 Å². The molecule has 2 rings (SSSR count). The van der Waals surface area contributed by atoms with Gasteiger partial charge in [-0.25, -0.2) is 0 Å². The van der Waals surface area contributed by atoms with Gasteiger partial charge in [-0.1, -0.05) is 19.9 Å². The van der Waals surface area contributed by atoms with Crippen LogP contribution in [0.5, 0.6) is 0 Å². The van der Waals surface area contributed by atoms with Gasteiger partial charge >= 0.3 is 11.9 Å². The van der Waals surface area contributed by atoms with Crippen molar-refractivity contribution < 1.29 is 23.9 Å². The summed E-state index contributed by atoms with van der Waals surface area (Å²) in [6.45, 7) is 8.94. The number of methoxy groups -OCH3 is 1. The van der Waals surface area contributed by atoms with Crippen molar-refractivity contribution in [1.29, 1.82) is 0 Å². The predicted molar refractivity (Wildman–Crippen MR) is 79.8 cm³/mol. The fourth-order valence-corrected chi connectivity index (χ4v) is 4.18. The minimum atomic E-state index is -1.34. The zero-order valence-electron chi connectivity index (χ0n) is 13.7. The van der Waals surface area contributed by atoms with Crippen molar-refractivity contribution in [1.82, 2.24) is 0 Å². The number of Topliss-reactive ketones (excluding diaryl/α,β-unsaturated/α-hetero) is 1. The van der Waals surface area contributed by atoms with Crippen LogP contribution in [0.4, 0.5) is 0 Å². The highest BCUT2D eigenvalue weighted by Crippen LogP contribution is 2.57. The maximum absolute atomic E-state index is 12.7. The molecule has 1 saturated carbocycles. The third kappa shape index (κ3) is 2.02. The van der Waals surface area contributed by atoms with E-state index < -0.39 is 23.0 Å². The first-order chi connectivity index (χ1) is 10.3. The summed E-state index contributed by atoms with van der Waals surface area (Å²) in [6.07, 6.45) is 3.30. The highest BCUT2D eigenvalue weighted by atomic mass is 16.6. The van der Waals surface area contributed by atoms with E-state index in [9.17, 15) is 14.4 Å². The molecule has 1 spiro atoms. The summed E-state index contributed by atoms with van der Waals surface area (Å²) in [5.41, 5.74) is -2.29. The number of hydrogen-bond donors (Lipinski definition) is 0. The summed E-state index contributed by atoms with van der Waals surface area (Å²) in [5, 5.41) is 0. The molecule has 1 aliphatic heterocycles. The number of ether oxygens (including phenoxy) is 2. The van der Waals surface area contributed by atoms with Crippen LogP contribution in [0.1, 0.15) is 40.0 Å². The molecule has 1 aliphatic carbocycles. The van der Waals surface area contributed by atoms with Crippen molar-refractivity contribution in [2.45, 2.75) is 45.6 Å². The van der Waals surface area contributed by atoms with Crippen LogP contribution in [0.25, 0.3) is 0 Å². The van der Waals surface area contributed by atoms with Crippen LogP contribution < -0.4 is 0 Å². The maximum atomic E-state index is 12.7. The Hall–Kier alpha value is -1.65. The van der Waals surface area contributed by atoms with E-state index in [4.69, 9.17) is 9.47 Å². The number of carbonyl (C=O) groups excluding carboxylic acids is 3. The van der Waals surface area contributed by atoms with E-state index in [2.05, 4.69) is 6.58 Å². The Kier molecular flexibility index (Phi) is 4.20. The van der Waals surface area contributed by atoms with Gasteiger partial charge in [0.05, 0.1) is 13.0 Å². The average Bonchev–Trinajstić information content (AvgIpc) is 2.96. The molecule has 5 nitrogen and oxygen atoms in total. The molecule has 4 atom stereocenters. The van der Waals surface area contributed by atoms with Crippen molar-refractivity contribution >= 4 is 17.7 Å². The number of esters is 2. The largest absolute Gasteiger partial charge is 0.468 e. The predicted octanol–water partition coefficient (Wildman–Crippen LogP) is 2.29. The molecule has 0 radical (unpaired) electrons. The second kappa shape index (κ2) is 5.52. The molecule has 0 aromatic heterocycles. The van der Waals surface area contributed by atoms with Crippen molar-refractivity contribution in [2.24, 2.45) is 23.2 Å². The molecular formula is C17H24O5. The Bertz CT molecular complexity index is 523. The topological polar surface area (TPSA) is 69.7 Å². The minimum Gasteiger partial charge on any atom is -0.468 e. The van der Waals surface area contributed by atoms with E-state index in [0.717, 1.165) is 6.42 Å². The number of ketones is 1. The van der Waals surface area contributed by atoms with Gasteiger partial charge in [-0.3, -0.25) is 14.4 Å². The maximum Gasteiger partial charge on any atom is 0.324 e. The summed E-state index contributed by atoms with van der Waals surface area (Å²) < 4.78 is 10.6. The zero-order chi connectivity index (χ0) is 16.7. The second-order valence-corrected chi connectivity index (χ2v) is 6.72. The SMILES string of the molecule is C=C[C@H]1CC[C@H](C(C)=O)[C@@]12C[C@@](C(=O)OC)(C(C)C)C(=O)O2. The van der Waals surface area contributed by atoms with Gasteiger partial charge in [0.15, 0.2) is 5.41 Å². The van der Waals surface area contributed by atoms with Crippen molar-refractivity contribution in [3.8, 4) is 0 Å². The summed E-state index contributed by atoms with van der Waals surface area (Å²) in [4.78, 5) is 37.1. The fourth-order valence-electron chi connectivity index (χ4n) is 4.18. The Morgan fingerprint density at radius 2 is 2.05 bits per heavy atom. The molecule has 1 saturated heterocycles. The Labute approximate surface area is 131 Å². The number of carbonyl (C=O) groups is 3. The molecule has 1 heterocycles. The molecule has 0 amide bonds. The van der Waals surface area contributed by atoms with E-state index in [-0.39, 0.29) is 30.0 Å². The monoisotopic (exact) mass is 308 g/mol. The summed E-state index contributed by atoms with van der Waals surface area (Å²) in [5.74, 6) is -1.94. The molecule has 0 aromatic rings. The number of hydrogen-bond acceptors (Lipinski definition) is 5. The van der Waals surface area contributed by atoms with Crippen LogP contribution in [-0.2, 0) is 23.9 Å². The second-order valence-electron chi connectivity index (χ2n) is 6.72. The molecule has 0 unspecified atom stereocenters. The standard InChI is InChI=1S/C17H24O5/c1-6-12-7-8-13(11(4)18)17(12)9-16(10(2)3,14(19)21-5)15(20)22-17/h6,10,12-13H,1,7-9H2,2-5H3/t12-,13+,16-,17+/m0/s1. The van der Waals surface area contributed by atoms with Gasteiger partial charge in [0.1, 0.15) is 11.4 Å². The number of rotatable bonds is 4. The lowest BCUT2D eigenvalue weighted by Gasteiger charge is -2.34. The van der Waals surface area contributed by atoms with E-state index in [0.29, 0.717) is 6.42 Å². The lowest BCUT2D eigenvalue weighted by Crippen LogP contribution is -2.45. The highest BCUT2D eigenvalue weighted by Gasteiger charge is 2.69. The molecule has 5 heteroatoms. The van der Waals surface area contributed by atoms with Crippen LogP contribution in [0.3, 0.4) is 0 Å². The van der Waals surface area contributed by atoms with Crippen LogP contribution in [0.15, 0.2) is 12.7 Å². The molecule has 122 valence electrons. The Morgan fingerprint density at radius 1 is 1.41 bits per heavy atom. The van der Waals surface area contributed by atoms with Gasteiger partial charge in [-0.15, -0.1) is 6.58 Å². The summed E-state index contributed by atoms with van der Waals surface area (Å²) in [7, 11) is 1.27. The van der Waals surface area contributed by atoms with Crippen LogP contribution in [-0.4, -0.2) is 30.4 Å². The van der Waals surface area contributed by atoms with Gasteiger partial charge in [0, 0.05) is 12.3 Å². The first-order valence-corrected chi connectivity index (χ1v) is 7.71. The minimum absolute atomic E-state index is 0.0124. The fraction of sp³-hybridized carbons (Fsp3) is 0.706. The molecule has 0 bridgehead atoms. The average molecular weight is 308 g/mol. The highest BCUT2D eigenvalue weighted by molar-refractivity contribution is 6.02. The van der Waals surface area contributed by atoms with Crippen molar-refractivity contribution in [3.05, 3.63) is 12.7 Å². The Balaban J connectivity index is 2.54. The van der Waals surface area contributed by atoms with Crippen LogP contribution in [0.2, 0.25) is 0 Å². The van der Waals surface area contributed by atoms with Gasteiger partial charge in [0.2, 0.25) is 0 Å². The third-order valence-electron chi connectivity index (χ3n) is 5.50. The van der Waals surface area contributed by atoms with E-state index in [1.807, 2.05) is 0 Å². The van der Waals surface area contributed by atoms with Crippen LogP contribution in [0, 0.1) is 23.2 Å². The van der Waals surface area contributed by atoms with Gasteiger partial charge in [-0.2, -0.15) is 0 Å². The van der Waals surface area contributed by atoms with Gasteiger partial charge < -0.3 is 9.47 Å². The van der Waals surface area contributed by atoms with Crippen molar-refractivity contribution in [2.75, 3.05) is 7.11 Å². The van der Waals surface area contributed by atoms with E-state index in [1.54, 1.807) is 19.9 Å². The lowest BCUT2D eigenvalue weighted by molar-refractivity contribution is -0.168. The quantitative estimate of drug-likeness (QED) is 0.453. The summed E-state index contributed by atoms with van der Waals surface area (Å²) in [6, 6.07) is 0. The van der Waals surface area contributed by atoms with Crippen LogP contribution >= 0.6 is 0 Å². The molecule has 2 aliphatic rings. The first kappa shape index (κ1) is 16.7. The molecule has 2 fully saturated rings. The van der Waals surface area contributed by atoms with Gasteiger partial charge in [0.25, 0.3) is 0 Å². The van der Waals surface area contributed by atoms with E-state index >= 15 is 0 Å². The first-order valence-electron chi connectivity index (χ1n) is 7.71. The van der Waals surface area contributed by atoms with Crippen molar-refractivity contribution in [3.63, 3.8) is 0 Å². The third-order valence-corrected chi connectivity index (χ3v) is 5.50. The normalized spacial score (nSPS) is 37.4. The summed E-state index contributed by atoms with van der Waals surface area (Å²) >= 11 is 0. The molecule has 0 aromatic carbocycles.